The van der Waals surface area contributed by atoms with Crippen LogP contribution in [0, 0.1) is 0 Å². The van der Waals surface area contributed by atoms with E-state index in [0.29, 0.717) is 0 Å². The highest BCUT2D eigenvalue weighted by Gasteiger charge is 2.20. The molecule has 0 radical (unpaired) electrons. The molecular weight excluding hydrogens is 216 g/mol. The van der Waals surface area contributed by atoms with Gasteiger partial charge in [0.15, 0.2) is 5.78 Å². The van der Waals surface area contributed by atoms with Crippen LogP contribution >= 0.6 is 11.8 Å². The molecule has 2 heteroatoms. The van der Waals surface area contributed by atoms with E-state index in [2.05, 4.69) is 6.08 Å². The SMILES string of the molecule is O=C1C=C2CCCC=C2Sc2ccccc21. The maximum Gasteiger partial charge on any atom is 0.187 e. The standard InChI is InChI=1S/C14H12OS/c15-12-9-10-5-1-3-7-13(10)16-14-8-4-2-6-11(12)14/h2,4,6-9H,1,3,5H2. The van der Waals surface area contributed by atoms with Crippen LogP contribution in [0.1, 0.15) is 29.6 Å². The number of hydrogen-bond acceptors (Lipinski definition) is 2. The predicted molar refractivity (Wildman–Crippen MR) is 66.6 cm³/mol. The number of carbonyl (C=O) groups excluding carboxylic acids is 1. The molecule has 0 saturated carbocycles. The van der Waals surface area contributed by atoms with Crippen LogP contribution in [-0.2, 0) is 0 Å². The Morgan fingerprint density at radius 2 is 2.06 bits per heavy atom. The van der Waals surface area contributed by atoms with Gasteiger partial charge in [-0.2, -0.15) is 0 Å². The number of fused-ring (bicyclic) bond motifs is 2. The lowest BCUT2D eigenvalue weighted by atomic mass is 9.99. The highest BCUT2D eigenvalue weighted by molar-refractivity contribution is 8.03. The Bertz CT molecular complexity index is 511. The molecule has 0 unspecified atom stereocenters. The molecule has 80 valence electrons. The molecule has 3 rings (SSSR count). The molecule has 0 saturated heterocycles. The Morgan fingerprint density at radius 1 is 1.19 bits per heavy atom. The van der Waals surface area contributed by atoms with Crippen LogP contribution in [0.3, 0.4) is 0 Å². The first-order valence-electron chi connectivity index (χ1n) is 5.57. The molecule has 1 aliphatic carbocycles. The summed E-state index contributed by atoms with van der Waals surface area (Å²) in [5, 5.41) is 0. The Balaban J connectivity index is 2.14. The van der Waals surface area contributed by atoms with Crippen LogP contribution in [0.25, 0.3) is 0 Å². The molecule has 0 N–H and O–H groups in total. The summed E-state index contributed by atoms with van der Waals surface area (Å²) in [4.78, 5) is 14.4. The van der Waals surface area contributed by atoms with E-state index < -0.39 is 0 Å². The van der Waals surface area contributed by atoms with E-state index in [1.54, 1.807) is 11.8 Å². The molecular formula is C14H12OS. The zero-order valence-corrected chi connectivity index (χ0v) is 9.72. The smallest absolute Gasteiger partial charge is 0.187 e. The van der Waals surface area contributed by atoms with Gasteiger partial charge in [0, 0.05) is 15.4 Å². The first-order valence-corrected chi connectivity index (χ1v) is 6.38. The Morgan fingerprint density at radius 3 is 3.00 bits per heavy atom. The van der Waals surface area contributed by atoms with Gasteiger partial charge in [0.1, 0.15) is 0 Å². The van der Waals surface area contributed by atoms with Gasteiger partial charge >= 0.3 is 0 Å². The minimum absolute atomic E-state index is 0.156. The lowest BCUT2D eigenvalue weighted by Crippen LogP contribution is -1.96. The molecule has 0 atom stereocenters. The van der Waals surface area contributed by atoms with E-state index in [4.69, 9.17) is 0 Å². The van der Waals surface area contributed by atoms with Gasteiger partial charge in [-0.25, -0.2) is 0 Å². The maximum atomic E-state index is 12.0. The lowest BCUT2D eigenvalue weighted by Gasteiger charge is -2.14. The van der Waals surface area contributed by atoms with Crippen molar-refractivity contribution >= 4 is 17.5 Å². The fourth-order valence-corrected chi connectivity index (χ4v) is 3.30. The van der Waals surface area contributed by atoms with E-state index in [9.17, 15) is 4.79 Å². The summed E-state index contributed by atoms with van der Waals surface area (Å²) < 4.78 is 0. The van der Waals surface area contributed by atoms with Crippen molar-refractivity contribution in [3.05, 3.63) is 52.5 Å². The summed E-state index contributed by atoms with van der Waals surface area (Å²) in [5.41, 5.74) is 2.06. The monoisotopic (exact) mass is 228 g/mol. The molecule has 1 aliphatic heterocycles. The molecule has 1 aromatic rings. The number of rotatable bonds is 0. The van der Waals surface area contributed by atoms with Gasteiger partial charge in [-0.1, -0.05) is 30.0 Å². The molecule has 2 aliphatic rings. The normalized spacial score (nSPS) is 19.1. The highest BCUT2D eigenvalue weighted by Crippen LogP contribution is 2.41. The molecule has 1 aromatic carbocycles. The van der Waals surface area contributed by atoms with Gasteiger partial charge < -0.3 is 0 Å². The van der Waals surface area contributed by atoms with Gasteiger partial charge in [-0.15, -0.1) is 0 Å². The lowest BCUT2D eigenvalue weighted by molar-refractivity contribution is 0.104. The number of allylic oxidation sites excluding steroid dienone is 3. The minimum Gasteiger partial charge on any atom is -0.289 e. The number of ketones is 1. The Kier molecular flexibility index (Phi) is 2.44. The van der Waals surface area contributed by atoms with Crippen LogP contribution < -0.4 is 0 Å². The van der Waals surface area contributed by atoms with Gasteiger partial charge in [-0.3, -0.25) is 4.79 Å². The molecule has 0 fully saturated rings. The fraction of sp³-hybridized carbons (Fsp3) is 0.214. The van der Waals surface area contributed by atoms with Gasteiger partial charge in [-0.05, 0) is 43.0 Å². The summed E-state index contributed by atoms with van der Waals surface area (Å²) in [5.74, 6) is 0.156. The van der Waals surface area contributed by atoms with Gasteiger partial charge in [0.2, 0.25) is 0 Å². The topological polar surface area (TPSA) is 17.1 Å². The second-order valence-electron chi connectivity index (χ2n) is 4.09. The van der Waals surface area contributed by atoms with E-state index in [1.165, 1.54) is 16.9 Å². The third kappa shape index (κ3) is 1.63. The maximum absolute atomic E-state index is 12.0. The van der Waals surface area contributed by atoms with Crippen LogP contribution in [0.4, 0.5) is 0 Å². The molecule has 1 nitrogen and oxygen atoms in total. The summed E-state index contributed by atoms with van der Waals surface area (Å²) in [6, 6.07) is 7.87. The van der Waals surface area contributed by atoms with Crippen molar-refractivity contribution in [1.82, 2.24) is 0 Å². The molecule has 0 spiro atoms. The highest BCUT2D eigenvalue weighted by atomic mass is 32.2. The van der Waals surface area contributed by atoms with E-state index >= 15 is 0 Å². The molecule has 0 amide bonds. The quantitative estimate of drug-likeness (QED) is 0.668. The van der Waals surface area contributed by atoms with E-state index in [0.717, 1.165) is 23.3 Å². The van der Waals surface area contributed by atoms with Crippen LogP contribution in [-0.4, -0.2) is 5.78 Å². The van der Waals surface area contributed by atoms with Crippen molar-refractivity contribution in [2.75, 3.05) is 0 Å². The van der Waals surface area contributed by atoms with Crippen LogP contribution in [0.15, 0.2) is 51.8 Å². The predicted octanol–water partition coefficient (Wildman–Crippen LogP) is 3.97. The second-order valence-corrected chi connectivity index (χ2v) is 5.18. The number of hydrogen-bond donors (Lipinski definition) is 0. The largest absolute Gasteiger partial charge is 0.289 e. The van der Waals surface area contributed by atoms with Gasteiger partial charge in [0.25, 0.3) is 0 Å². The third-order valence-electron chi connectivity index (χ3n) is 2.97. The van der Waals surface area contributed by atoms with Crippen molar-refractivity contribution in [2.24, 2.45) is 0 Å². The Hall–Kier alpha value is -1.28. The van der Waals surface area contributed by atoms with Crippen molar-refractivity contribution in [3.8, 4) is 0 Å². The van der Waals surface area contributed by atoms with E-state index in [-0.39, 0.29) is 5.78 Å². The summed E-state index contributed by atoms with van der Waals surface area (Å²) in [6.07, 6.45) is 7.42. The first kappa shape index (κ1) is 9.91. The molecule has 0 aromatic heterocycles. The second kappa shape index (κ2) is 3.95. The molecule has 1 heterocycles. The number of thioether (sulfide) groups is 1. The van der Waals surface area contributed by atoms with Crippen molar-refractivity contribution in [3.63, 3.8) is 0 Å². The number of carbonyl (C=O) groups is 1. The fourth-order valence-electron chi connectivity index (χ4n) is 2.14. The van der Waals surface area contributed by atoms with Crippen LogP contribution in [0.2, 0.25) is 0 Å². The summed E-state index contributed by atoms with van der Waals surface area (Å²) >= 11 is 1.74. The van der Waals surface area contributed by atoms with Crippen molar-refractivity contribution in [2.45, 2.75) is 24.2 Å². The van der Waals surface area contributed by atoms with E-state index in [1.807, 2.05) is 30.3 Å². The van der Waals surface area contributed by atoms with Gasteiger partial charge in [0.05, 0.1) is 0 Å². The summed E-state index contributed by atoms with van der Waals surface area (Å²) in [7, 11) is 0. The zero-order valence-electron chi connectivity index (χ0n) is 8.90. The zero-order chi connectivity index (χ0) is 11.0. The number of benzene rings is 1. The average molecular weight is 228 g/mol. The first-order chi connectivity index (χ1) is 7.84. The van der Waals surface area contributed by atoms with Crippen molar-refractivity contribution < 1.29 is 4.79 Å². The average Bonchev–Trinajstić information content (AvgIpc) is 2.45. The molecule has 0 bridgehead atoms. The van der Waals surface area contributed by atoms with Crippen LogP contribution in [0.5, 0.6) is 0 Å². The minimum atomic E-state index is 0.156. The third-order valence-corrected chi connectivity index (χ3v) is 4.20. The Labute approximate surface area is 99.2 Å². The summed E-state index contributed by atoms with van der Waals surface area (Å²) in [6.45, 7) is 0. The molecule has 16 heavy (non-hydrogen) atoms. The van der Waals surface area contributed by atoms with Crippen molar-refractivity contribution in [1.29, 1.82) is 0 Å².